The zero-order valence-electron chi connectivity index (χ0n) is 7.67. The fourth-order valence-electron chi connectivity index (χ4n) is 0.910. The van der Waals surface area contributed by atoms with Crippen LogP contribution in [0.25, 0.3) is 0 Å². The van der Waals surface area contributed by atoms with Gasteiger partial charge in [-0.15, -0.1) is 0 Å². The standard InChI is InChI=1S/C8H16N4/c1-12(2)4-3-9-5-8-6-10-11-7-8/h6-7,9H,3-5H2,1-2H3,(H,10,11). The number of aromatic amines is 1. The molecule has 0 saturated heterocycles. The zero-order chi connectivity index (χ0) is 8.81. The van der Waals surface area contributed by atoms with Crippen molar-refractivity contribution in [2.75, 3.05) is 27.2 Å². The van der Waals surface area contributed by atoms with E-state index in [9.17, 15) is 0 Å². The van der Waals surface area contributed by atoms with Crippen molar-refractivity contribution in [1.82, 2.24) is 20.4 Å². The van der Waals surface area contributed by atoms with Gasteiger partial charge in [0, 0.05) is 31.4 Å². The molecule has 0 aliphatic heterocycles. The van der Waals surface area contributed by atoms with Crippen molar-refractivity contribution >= 4 is 0 Å². The summed E-state index contributed by atoms with van der Waals surface area (Å²) < 4.78 is 0. The van der Waals surface area contributed by atoms with Crippen molar-refractivity contribution in [3.63, 3.8) is 0 Å². The summed E-state index contributed by atoms with van der Waals surface area (Å²) in [6.07, 6.45) is 3.74. The fourth-order valence-corrected chi connectivity index (χ4v) is 0.910. The number of nitrogens with one attached hydrogen (secondary N) is 2. The summed E-state index contributed by atoms with van der Waals surface area (Å²) in [6, 6.07) is 0. The van der Waals surface area contributed by atoms with Crippen molar-refractivity contribution in [3.8, 4) is 0 Å². The highest BCUT2D eigenvalue weighted by atomic mass is 15.1. The molecule has 0 bridgehead atoms. The highest BCUT2D eigenvalue weighted by Gasteiger charge is 1.92. The molecule has 0 aromatic carbocycles. The number of H-pyrrole nitrogens is 1. The molecule has 12 heavy (non-hydrogen) atoms. The molecule has 1 rings (SSSR count). The predicted molar refractivity (Wildman–Crippen MR) is 48.8 cm³/mol. The van der Waals surface area contributed by atoms with Crippen LogP contribution in [0, 0.1) is 0 Å². The third-order valence-corrected chi connectivity index (χ3v) is 1.62. The van der Waals surface area contributed by atoms with Crippen LogP contribution in [0.3, 0.4) is 0 Å². The molecule has 1 aromatic heterocycles. The van der Waals surface area contributed by atoms with Gasteiger partial charge in [-0.25, -0.2) is 0 Å². The van der Waals surface area contributed by atoms with Crippen LogP contribution in [-0.2, 0) is 6.54 Å². The van der Waals surface area contributed by atoms with Gasteiger partial charge in [-0.2, -0.15) is 5.10 Å². The van der Waals surface area contributed by atoms with Crippen molar-refractivity contribution in [1.29, 1.82) is 0 Å². The number of nitrogens with zero attached hydrogens (tertiary/aromatic N) is 2. The van der Waals surface area contributed by atoms with Gasteiger partial charge in [0.2, 0.25) is 0 Å². The maximum Gasteiger partial charge on any atom is 0.0532 e. The van der Waals surface area contributed by atoms with Crippen LogP contribution in [0.5, 0.6) is 0 Å². The Morgan fingerprint density at radius 3 is 3.00 bits per heavy atom. The lowest BCUT2D eigenvalue weighted by molar-refractivity contribution is 0.400. The molecular weight excluding hydrogens is 152 g/mol. The molecule has 1 aromatic rings. The summed E-state index contributed by atoms with van der Waals surface area (Å²) in [6.45, 7) is 2.97. The van der Waals surface area contributed by atoms with Gasteiger partial charge in [0.15, 0.2) is 0 Å². The Balaban J connectivity index is 2.04. The van der Waals surface area contributed by atoms with E-state index in [1.165, 1.54) is 5.56 Å². The number of aromatic nitrogens is 2. The van der Waals surface area contributed by atoms with Crippen LogP contribution in [0.15, 0.2) is 12.4 Å². The second-order valence-corrected chi connectivity index (χ2v) is 3.09. The molecule has 0 radical (unpaired) electrons. The number of rotatable bonds is 5. The first-order chi connectivity index (χ1) is 5.79. The lowest BCUT2D eigenvalue weighted by atomic mass is 10.3. The van der Waals surface area contributed by atoms with Gasteiger partial charge in [0.25, 0.3) is 0 Å². The lowest BCUT2D eigenvalue weighted by Gasteiger charge is -2.09. The highest BCUT2D eigenvalue weighted by Crippen LogP contribution is 1.90. The number of hydrogen-bond acceptors (Lipinski definition) is 3. The van der Waals surface area contributed by atoms with Gasteiger partial charge in [0.05, 0.1) is 6.20 Å². The first-order valence-electron chi connectivity index (χ1n) is 4.12. The minimum atomic E-state index is 0.893. The summed E-state index contributed by atoms with van der Waals surface area (Å²) in [4.78, 5) is 2.16. The van der Waals surface area contributed by atoms with Crippen LogP contribution in [-0.4, -0.2) is 42.3 Å². The average molecular weight is 168 g/mol. The fraction of sp³-hybridized carbons (Fsp3) is 0.625. The van der Waals surface area contributed by atoms with E-state index in [1.807, 2.05) is 12.4 Å². The second-order valence-electron chi connectivity index (χ2n) is 3.09. The van der Waals surface area contributed by atoms with Crippen LogP contribution in [0.2, 0.25) is 0 Å². The third kappa shape index (κ3) is 3.50. The summed E-state index contributed by atoms with van der Waals surface area (Å²) in [7, 11) is 4.14. The first kappa shape index (κ1) is 9.22. The quantitative estimate of drug-likeness (QED) is 0.611. The Kier molecular flexibility index (Phi) is 3.76. The van der Waals surface area contributed by atoms with Crippen molar-refractivity contribution in [3.05, 3.63) is 18.0 Å². The molecule has 0 spiro atoms. The normalized spacial score (nSPS) is 10.9. The van der Waals surface area contributed by atoms with Gasteiger partial charge in [0.1, 0.15) is 0 Å². The topological polar surface area (TPSA) is 44.0 Å². The van der Waals surface area contributed by atoms with Crippen LogP contribution < -0.4 is 5.32 Å². The summed E-state index contributed by atoms with van der Waals surface area (Å²) >= 11 is 0. The number of hydrogen-bond donors (Lipinski definition) is 2. The largest absolute Gasteiger partial charge is 0.311 e. The molecule has 4 heteroatoms. The lowest BCUT2D eigenvalue weighted by Crippen LogP contribution is -2.26. The SMILES string of the molecule is CN(C)CCNCc1cn[nH]c1. The smallest absolute Gasteiger partial charge is 0.0532 e. The Labute approximate surface area is 73.0 Å². The second kappa shape index (κ2) is 4.90. The van der Waals surface area contributed by atoms with Gasteiger partial charge in [-0.1, -0.05) is 0 Å². The molecule has 1 heterocycles. The Morgan fingerprint density at radius 2 is 2.42 bits per heavy atom. The van der Waals surface area contributed by atoms with Gasteiger partial charge < -0.3 is 10.2 Å². The van der Waals surface area contributed by atoms with E-state index in [-0.39, 0.29) is 0 Å². The van der Waals surface area contributed by atoms with E-state index in [0.717, 1.165) is 19.6 Å². The van der Waals surface area contributed by atoms with Crippen LogP contribution in [0.1, 0.15) is 5.56 Å². The Hall–Kier alpha value is -0.870. The van der Waals surface area contributed by atoms with Gasteiger partial charge in [-0.05, 0) is 14.1 Å². The van der Waals surface area contributed by atoms with Gasteiger partial charge >= 0.3 is 0 Å². The minimum Gasteiger partial charge on any atom is -0.311 e. The molecule has 0 aliphatic rings. The predicted octanol–water partition coefficient (Wildman–Crippen LogP) is 0.0609. The van der Waals surface area contributed by atoms with Crippen LogP contribution in [0.4, 0.5) is 0 Å². The zero-order valence-corrected chi connectivity index (χ0v) is 7.67. The maximum absolute atomic E-state index is 3.86. The molecule has 0 saturated carbocycles. The summed E-state index contributed by atoms with van der Waals surface area (Å²) in [5, 5.41) is 9.96. The molecule has 0 amide bonds. The average Bonchev–Trinajstić information content (AvgIpc) is 2.49. The Morgan fingerprint density at radius 1 is 1.58 bits per heavy atom. The molecule has 68 valence electrons. The molecule has 4 nitrogen and oxygen atoms in total. The van der Waals surface area contributed by atoms with E-state index < -0.39 is 0 Å². The minimum absolute atomic E-state index is 0.893. The molecular formula is C8H16N4. The maximum atomic E-state index is 3.86. The van der Waals surface area contributed by atoms with E-state index in [0.29, 0.717) is 0 Å². The van der Waals surface area contributed by atoms with Crippen molar-refractivity contribution < 1.29 is 0 Å². The Bertz CT molecular complexity index is 193. The van der Waals surface area contributed by atoms with Crippen molar-refractivity contribution in [2.45, 2.75) is 6.54 Å². The summed E-state index contributed by atoms with van der Waals surface area (Å²) in [5.41, 5.74) is 1.20. The molecule has 0 atom stereocenters. The van der Waals surface area contributed by atoms with Crippen molar-refractivity contribution in [2.24, 2.45) is 0 Å². The highest BCUT2D eigenvalue weighted by molar-refractivity contribution is 5.01. The van der Waals surface area contributed by atoms with E-state index in [2.05, 4.69) is 34.5 Å². The third-order valence-electron chi connectivity index (χ3n) is 1.62. The van der Waals surface area contributed by atoms with Gasteiger partial charge in [-0.3, -0.25) is 5.10 Å². The molecule has 0 aliphatic carbocycles. The molecule has 0 unspecified atom stereocenters. The van der Waals surface area contributed by atoms with E-state index >= 15 is 0 Å². The van der Waals surface area contributed by atoms with Crippen LogP contribution >= 0.6 is 0 Å². The molecule has 2 N–H and O–H groups in total. The monoisotopic (exact) mass is 168 g/mol. The molecule has 0 fully saturated rings. The first-order valence-corrected chi connectivity index (χ1v) is 4.12. The summed E-state index contributed by atoms with van der Waals surface area (Å²) in [5.74, 6) is 0. The number of likely N-dealkylation sites (N-methyl/N-ethyl adjacent to an activating group) is 1. The van der Waals surface area contributed by atoms with E-state index in [4.69, 9.17) is 0 Å². The van der Waals surface area contributed by atoms with E-state index in [1.54, 1.807) is 0 Å².